The Morgan fingerprint density at radius 1 is 1.21 bits per heavy atom. The number of rotatable bonds is 2. The van der Waals surface area contributed by atoms with Gasteiger partial charge in [0.1, 0.15) is 0 Å². The minimum absolute atomic E-state index is 0.519. The summed E-state index contributed by atoms with van der Waals surface area (Å²) in [5.74, 6) is 0. The highest BCUT2D eigenvalue weighted by atomic mass is 35.5. The number of pyridine rings is 1. The van der Waals surface area contributed by atoms with Gasteiger partial charge in [-0.1, -0.05) is 17.7 Å². The molecule has 0 aliphatic heterocycles. The fraction of sp³-hybridized carbons (Fsp3) is 0.133. The van der Waals surface area contributed by atoms with Crippen molar-refractivity contribution in [3.63, 3.8) is 0 Å². The first-order chi connectivity index (χ1) is 9.19. The van der Waals surface area contributed by atoms with Gasteiger partial charge in [-0.25, -0.2) is 0 Å². The Balaban J connectivity index is 2.21. The van der Waals surface area contributed by atoms with E-state index >= 15 is 0 Å². The Morgan fingerprint density at radius 2 is 2.05 bits per heavy atom. The lowest BCUT2D eigenvalue weighted by molar-refractivity contribution is 0.966. The lowest BCUT2D eigenvalue weighted by atomic mass is 10.2. The molecule has 1 aromatic carbocycles. The van der Waals surface area contributed by atoms with E-state index in [4.69, 9.17) is 17.3 Å². The van der Waals surface area contributed by atoms with Crippen molar-refractivity contribution in [2.45, 2.75) is 6.54 Å². The predicted molar refractivity (Wildman–Crippen MR) is 79.1 cm³/mol. The molecule has 19 heavy (non-hydrogen) atoms. The number of aromatic nitrogens is 2. The summed E-state index contributed by atoms with van der Waals surface area (Å²) in [5, 5.41) is 1.89. The summed E-state index contributed by atoms with van der Waals surface area (Å²) >= 11 is 6.05. The van der Waals surface area contributed by atoms with Gasteiger partial charge in [-0.15, -0.1) is 0 Å². The lowest BCUT2D eigenvalue weighted by Gasteiger charge is -2.05. The summed E-state index contributed by atoms with van der Waals surface area (Å²) < 4.78 is 2.10. The van der Waals surface area contributed by atoms with Gasteiger partial charge in [-0.2, -0.15) is 0 Å². The van der Waals surface area contributed by atoms with Crippen molar-refractivity contribution in [2.24, 2.45) is 12.8 Å². The van der Waals surface area contributed by atoms with Crippen LogP contribution in [-0.2, 0) is 13.6 Å². The second-order valence-electron chi connectivity index (χ2n) is 4.55. The zero-order valence-corrected chi connectivity index (χ0v) is 11.4. The van der Waals surface area contributed by atoms with Crippen LogP contribution in [0.5, 0.6) is 0 Å². The second kappa shape index (κ2) is 4.68. The summed E-state index contributed by atoms with van der Waals surface area (Å²) in [5.41, 5.74) is 9.85. The number of nitrogens with two attached hydrogens (primary N) is 1. The molecule has 0 saturated carbocycles. The minimum Gasteiger partial charge on any atom is -0.342 e. The maximum atomic E-state index is 6.05. The summed E-state index contributed by atoms with van der Waals surface area (Å²) in [6.07, 6.45) is 1.79. The maximum Gasteiger partial charge on any atom is 0.0869 e. The summed E-state index contributed by atoms with van der Waals surface area (Å²) in [7, 11) is 2.02. The third-order valence-electron chi connectivity index (χ3n) is 3.33. The van der Waals surface area contributed by atoms with Crippen LogP contribution in [-0.4, -0.2) is 9.55 Å². The van der Waals surface area contributed by atoms with Crippen molar-refractivity contribution in [1.82, 2.24) is 9.55 Å². The van der Waals surface area contributed by atoms with E-state index in [1.54, 1.807) is 6.20 Å². The average molecular weight is 272 g/mol. The number of hydrogen-bond acceptors (Lipinski definition) is 2. The molecule has 0 aliphatic rings. The van der Waals surface area contributed by atoms with E-state index in [-0.39, 0.29) is 0 Å². The third-order valence-corrected chi connectivity index (χ3v) is 3.56. The first-order valence-corrected chi connectivity index (χ1v) is 6.47. The van der Waals surface area contributed by atoms with Crippen LogP contribution < -0.4 is 5.73 Å². The van der Waals surface area contributed by atoms with E-state index in [1.807, 2.05) is 37.4 Å². The maximum absolute atomic E-state index is 6.05. The molecule has 96 valence electrons. The molecule has 0 radical (unpaired) electrons. The highest BCUT2D eigenvalue weighted by Gasteiger charge is 2.09. The predicted octanol–water partition coefficient (Wildman–Crippen LogP) is 3.35. The Hall–Kier alpha value is -1.84. The molecule has 0 aliphatic carbocycles. The monoisotopic (exact) mass is 271 g/mol. The molecule has 0 amide bonds. The molecule has 0 atom stereocenters. The Morgan fingerprint density at radius 3 is 2.84 bits per heavy atom. The standard InChI is InChI=1S/C15H14ClN3/c1-19-14-8-12(16)3-2-11(14)7-15(19)13-6-10(9-17)4-5-18-13/h2-8H,9,17H2,1H3. The molecule has 4 heteroatoms. The lowest BCUT2D eigenvalue weighted by Crippen LogP contribution is -1.98. The highest BCUT2D eigenvalue weighted by molar-refractivity contribution is 6.31. The molecule has 2 N–H and O–H groups in total. The Kier molecular flexibility index (Phi) is 3.01. The summed E-state index contributed by atoms with van der Waals surface area (Å²) in [6, 6.07) is 12.0. The fourth-order valence-electron chi connectivity index (χ4n) is 2.29. The molecule has 0 unspecified atom stereocenters. The van der Waals surface area contributed by atoms with Gasteiger partial charge in [0.15, 0.2) is 0 Å². The highest BCUT2D eigenvalue weighted by Crippen LogP contribution is 2.28. The second-order valence-corrected chi connectivity index (χ2v) is 4.98. The van der Waals surface area contributed by atoms with Crippen LogP contribution in [0.4, 0.5) is 0 Å². The topological polar surface area (TPSA) is 43.8 Å². The Labute approximate surface area is 116 Å². The van der Waals surface area contributed by atoms with Crippen LogP contribution in [0, 0.1) is 0 Å². The zero-order valence-electron chi connectivity index (χ0n) is 10.6. The van der Waals surface area contributed by atoms with Crippen LogP contribution in [0.25, 0.3) is 22.3 Å². The molecule has 0 spiro atoms. The van der Waals surface area contributed by atoms with E-state index < -0.39 is 0 Å². The van der Waals surface area contributed by atoms with Gasteiger partial charge < -0.3 is 10.3 Å². The summed E-state index contributed by atoms with van der Waals surface area (Å²) in [6.45, 7) is 0.519. The van der Waals surface area contributed by atoms with Gasteiger partial charge in [-0.3, -0.25) is 4.98 Å². The quantitative estimate of drug-likeness (QED) is 0.777. The first-order valence-electron chi connectivity index (χ1n) is 6.09. The molecule has 0 bridgehead atoms. The number of halogens is 1. The molecule has 0 saturated heterocycles. The van der Waals surface area contributed by atoms with Crippen molar-refractivity contribution < 1.29 is 0 Å². The van der Waals surface area contributed by atoms with Crippen molar-refractivity contribution in [3.05, 3.63) is 53.2 Å². The third kappa shape index (κ3) is 2.11. The molecule has 2 heterocycles. The van der Waals surface area contributed by atoms with Gasteiger partial charge in [0, 0.05) is 35.7 Å². The number of fused-ring (bicyclic) bond motifs is 1. The van der Waals surface area contributed by atoms with Crippen molar-refractivity contribution in [1.29, 1.82) is 0 Å². The van der Waals surface area contributed by atoms with E-state index in [9.17, 15) is 0 Å². The number of hydrogen-bond donors (Lipinski definition) is 1. The zero-order chi connectivity index (χ0) is 13.4. The average Bonchev–Trinajstić information content (AvgIpc) is 2.76. The van der Waals surface area contributed by atoms with Crippen molar-refractivity contribution >= 4 is 22.5 Å². The molecule has 2 aromatic heterocycles. The van der Waals surface area contributed by atoms with Gasteiger partial charge in [0.2, 0.25) is 0 Å². The molecule has 3 nitrogen and oxygen atoms in total. The van der Waals surface area contributed by atoms with Crippen molar-refractivity contribution in [3.8, 4) is 11.4 Å². The van der Waals surface area contributed by atoms with Crippen LogP contribution >= 0.6 is 11.6 Å². The molecule has 3 aromatic rings. The van der Waals surface area contributed by atoms with Crippen molar-refractivity contribution in [2.75, 3.05) is 0 Å². The normalized spacial score (nSPS) is 11.1. The molecular formula is C15H14ClN3. The number of benzene rings is 1. The van der Waals surface area contributed by atoms with Crippen LogP contribution in [0.2, 0.25) is 5.02 Å². The van der Waals surface area contributed by atoms with Gasteiger partial charge in [-0.05, 0) is 35.9 Å². The molecule has 3 rings (SSSR count). The van der Waals surface area contributed by atoms with Crippen LogP contribution in [0.1, 0.15) is 5.56 Å². The van der Waals surface area contributed by atoms with E-state index in [0.29, 0.717) is 6.54 Å². The largest absolute Gasteiger partial charge is 0.342 e. The fourth-order valence-corrected chi connectivity index (χ4v) is 2.46. The van der Waals surface area contributed by atoms with E-state index in [2.05, 4.69) is 15.6 Å². The van der Waals surface area contributed by atoms with Gasteiger partial charge >= 0.3 is 0 Å². The van der Waals surface area contributed by atoms with E-state index in [0.717, 1.165) is 32.9 Å². The Bertz CT molecular complexity index is 746. The number of nitrogens with zero attached hydrogens (tertiary/aromatic N) is 2. The van der Waals surface area contributed by atoms with Gasteiger partial charge in [0.25, 0.3) is 0 Å². The molecule has 0 fully saturated rings. The van der Waals surface area contributed by atoms with E-state index in [1.165, 1.54) is 0 Å². The summed E-state index contributed by atoms with van der Waals surface area (Å²) in [4.78, 5) is 4.43. The SMILES string of the molecule is Cn1c(-c2cc(CN)ccn2)cc2ccc(Cl)cc21. The molecular weight excluding hydrogens is 258 g/mol. The first kappa shape index (κ1) is 12.2. The smallest absolute Gasteiger partial charge is 0.0869 e. The van der Waals surface area contributed by atoms with Crippen LogP contribution in [0.3, 0.4) is 0 Å². The van der Waals surface area contributed by atoms with Crippen LogP contribution in [0.15, 0.2) is 42.6 Å². The number of aryl methyl sites for hydroxylation is 1. The van der Waals surface area contributed by atoms with Gasteiger partial charge in [0.05, 0.1) is 11.4 Å². The minimum atomic E-state index is 0.519.